The molecular weight excluding hydrogens is 388 g/mol. The van der Waals surface area contributed by atoms with Crippen molar-refractivity contribution in [3.8, 4) is 28.2 Å². The lowest BCUT2D eigenvalue weighted by atomic mass is 9.97. The maximum Gasteiger partial charge on any atom is 0.273 e. The number of rotatable bonds is 2. The minimum Gasteiger partial charge on any atom is -0.331 e. The zero-order valence-corrected chi connectivity index (χ0v) is 17.7. The van der Waals surface area contributed by atoms with Gasteiger partial charge in [-0.3, -0.25) is 14.5 Å². The van der Waals surface area contributed by atoms with Crippen LogP contribution in [0.1, 0.15) is 34.6 Å². The molecule has 1 aliphatic carbocycles. The molecule has 1 aromatic carbocycles. The maximum absolute atomic E-state index is 13.5. The van der Waals surface area contributed by atoms with E-state index in [1.54, 1.807) is 10.9 Å². The molecule has 7 nitrogen and oxygen atoms in total. The van der Waals surface area contributed by atoms with Crippen molar-refractivity contribution in [2.24, 2.45) is 7.05 Å². The standard InChI is InChI=1S/C24H22N6O/c1-15-4-5-17(14-25-15)16-6-7-18-21(12-16)30-22(23(31)28(2)24(18)9-10-24)13-19(27-30)20-8-11-26-29(20)3/h4-8,11-14H,9-10H2,1-3H3. The Labute approximate surface area is 180 Å². The van der Waals surface area contributed by atoms with Gasteiger partial charge < -0.3 is 4.90 Å². The summed E-state index contributed by atoms with van der Waals surface area (Å²) in [6.45, 7) is 1.98. The number of amides is 1. The highest BCUT2D eigenvalue weighted by molar-refractivity contribution is 5.96. The topological polar surface area (TPSA) is 68.8 Å². The van der Waals surface area contributed by atoms with Crippen molar-refractivity contribution in [2.45, 2.75) is 25.3 Å². The van der Waals surface area contributed by atoms with Crippen LogP contribution in [-0.4, -0.2) is 42.4 Å². The quantitative estimate of drug-likeness (QED) is 0.505. The van der Waals surface area contributed by atoms with Crippen molar-refractivity contribution in [2.75, 3.05) is 7.05 Å². The Morgan fingerprint density at radius 1 is 0.968 bits per heavy atom. The molecule has 1 saturated carbocycles. The summed E-state index contributed by atoms with van der Waals surface area (Å²) in [5, 5.41) is 9.13. The summed E-state index contributed by atoms with van der Waals surface area (Å²) in [6.07, 6.45) is 5.56. The zero-order valence-electron chi connectivity index (χ0n) is 17.7. The average Bonchev–Trinajstić information content (AvgIpc) is 3.30. The first-order valence-corrected chi connectivity index (χ1v) is 10.4. The van der Waals surface area contributed by atoms with Crippen LogP contribution in [0.15, 0.2) is 54.9 Å². The predicted molar refractivity (Wildman–Crippen MR) is 117 cm³/mol. The predicted octanol–water partition coefficient (Wildman–Crippen LogP) is 3.72. The van der Waals surface area contributed by atoms with Gasteiger partial charge in [0.15, 0.2) is 0 Å². The lowest BCUT2D eigenvalue weighted by Crippen LogP contribution is -2.36. The minimum absolute atomic E-state index is 0.00632. The molecule has 3 aromatic heterocycles. The molecule has 0 unspecified atom stereocenters. The van der Waals surface area contributed by atoms with Crippen LogP contribution in [0.25, 0.3) is 28.2 Å². The Bertz CT molecular complexity index is 1340. The van der Waals surface area contributed by atoms with E-state index in [9.17, 15) is 4.79 Å². The van der Waals surface area contributed by atoms with Gasteiger partial charge in [0.25, 0.3) is 5.91 Å². The third-order valence-corrected chi connectivity index (χ3v) is 6.65. The third-order valence-electron chi connectivity index (χ3n) is 6.65. The van der Waals surface area contributed by atoms with Crippen molar-refractivity contribution in [3.05, 3.63) is 71.8 Å². The Balaban J connectivity index is 1.60. The van der Waals surface area contributed by atoms with Crippen LogP contribution in [0.5, 0.6) is 0 Å². The third kappa shape index (κ3) is 2.52. The molecule has 1 aliphatic heterocycles. The number of fused-ring (bicyclic) bond motifs is 4. The van der Waals surface area contributed by atoms with Crippen LogP contribution in [-0.2, 0) is 12.6 Å². The molecule has 0 bridgehead atoms. The highest BCUT2D eigenvalue weighted by Crippen LogP contribution is 2.54. The van der Waals surface area contributed by atoms with Crippen molar-refractivity contribution < 1.29 is 4.79 Å². The molecule has 0 radical (unpaired) electrons. The molecule has 7 heteroatoms. The molecule has 6 rings (SSSR count). The molecule has 4 aromatic rings. The van der Waals surface area contributed by atoms with E-state index < -0.39 is 0 Å². The van der Waals surface area contributed by atoms with Crippen LogP contribution >= 0.6 is 0 Å². The fraction of sp³-hybridized carbons (Fsp3) is 0.250. The SMILES string of the molecule is Cc1ccc(-c2ccc3c(c2)-n2nc(-c4ccnn4C)cc2C(=O)N(C)C32CC2)cn1. The number of hydrogen-bond acceptors (Lipinski definition) is 4. The van der Waals surface area contributed by atoms with Crippen molar-refractivity contribution in [1.82, 2.24) is 29.4 Å². The molecular formula is C24H22N6O. The number of pyridine rings is 1. The van der Waals surface area contributed by atoms with E-state index in [1.807, 2.05) is 55.0 Å². The smallest absolute Gasteiger partial charge is 0.273 e. The van der Waals surface area contributed by atoms with Crippen LogP contribution in [0.4, 0.5) is 0 Å². The molecule has 154 valence electrons. The number of hydrogen-bond donors (Lipinski definition) is 0. The number of benzene rings is 1. The summed E-state index contributed by atoms with van der Waals surface area (Å²) in [6, 6.07) is 14.3. The summed E-state index contributed by atoms with van der Waals surface area (Å²) < 4.78 is 3.59. The molecule has 4 heterocycles. The van der Waals surface area contributed by atoms with Crippen molar-refractivity contribution in [1.29, 1.82) is 0 Å². The Morgan fingerprint density at radius 3 is 2.45 bits per heavy atom. The number of nitrogens with zero attached hydrogens (tertiary/aromatic N) is 6. The first kappa shape index (κ1) is 18.1. The molecule has 0 atom stereocenters. The van der Waals surface area contributed by atoms with E-state index in [0.29, 0.717) is 5.69 Å². The minimum atomic E-state index is -0.246. The van der Waals surface area contributed by atoms with Gasteiger partial charge in [0, 0.05) is 43.3 Å². The number of carbonyl (C=O) groups excluding carboxylic acids is 1. The van der Waals surface area contributed by atoms with Gasteiger partial charge in [-0.25, -0.2) is 4.68 Å². The lowest BCUT2D eigenvalue weighted by molar-refractivity contribution is 0.0704. The monoisotopic (exact) mass is 410 g/mol. The fourth-order valence-electron chi connectivity index (χ4n) is 4.66. The van der Waals surface area contributed by atoms with Gasteiger partial charge in [0.05, 0.1) is 16.9 Å². The Kier molecular flexibility index (Phi) is 3.57. The summed E-state index contributed by atoms with van der Waals surface area (Å²) in [7, 11) is 3.78. The molecule has 31 heavy (non-hydrogen) atoms. The number of aryl methyl sites for hydroxylation is 2. The zero-order chi connectivity index (χ0) is 21.3. The first-order chi connectivity index (χ1) is 15.0. The Morgan fingerprint density at radius 2 is 1.77 bits per heavy atom. The summed E-state index contributed by atoms with van der Waals surface area (Å²) in [5.41, 5.74) is 7.12. The average molecular weight is 410 g/mol. The van der Waals surface area contributed by atoms with E-state index in [2.05, 4.69) is 34.3 Å². The van der Waals surface area contributed by atoms with E-state index in [1.165, 1.54) is 0 Å². The van der Waals surface area contributed by atoms with Gasteiger partial charge >= 0.3 is 0 Å². The Hall–Kier alpha value is -3.74. The molecule has 0 N–H and O–H groups in total. The maximum atomic E-state index is 13.5. The van der Waals surface area contributed by atoms with Gasteiger partial charge in [0.2, 0.25) is 0 Å². The highest BCUT2D eigenvalue weighted by Gasteiger charge is 2.53. The summed E-state index contributed by atoms with van der Waals surface area (Å²) >= 11 is 0. The second kappa shape index (κ2) is 6.14. The fourth-order valence-corrected chi connectivity index (χ4v) is 4.66. The van der Waals surface area contributed by atoms with E-state index >= 15 is 0 Å². The highest BCUT2D eigenvalue weighted by atomic mass is 16.2. The van der Waals surface area contributed by atoms with Crippen molar-refractivity contribution in [3.63, 3.8) is 0 Å². The van der Waals surface area contributed by atoms with Gasteiger partial charge in [-0.15, -0.1) is 0 Å². The van der Waals surface area contributed by atoms with E-state index in [4.69, 9.17) is 5.10 Å². The normalized spacial score (nSPS) is 16.2. The molecule has 2 aliphatic rings. The van der Waals surface area contributed by atoms with Crippen LogP contribution in [0.3, 0.4) is 0 Å². The summed E-state index contributed by atoms with van der Waals surface area (Å²) in [5.74, 6) is -0.00632. The van der Waals surface area contributed by atoms with Gasteiger partial charge in [0.1, 0.15) is 11.4 Å². The summed E-state index contributed by atoms with van der Waals surface area (Å²) in [4.78, 5) is 19.8. The molecule has 0 saturated heterocycles. The molecule has 1 amide bonds. The second-order valence-electron chi connectivity index (χ2n) is 8.48. The van der Waals surface area contributed by atoms with Crippen molar-refractivity contribution >= 4 is 5.91 Å². The lowest BCUT2D eigenvalue weighted by Gasteiger charge is -2.27. The second-order valence-corrected chi connectivity index (χ2v) is 8.48. The van der Waals surface area contributed by atoms with E-state index in [-0.39, 0.29) is 11.4 Å². The van der Waals surface area contributed by atoms with Crippen LogP contribution in [0.2, 0.25) is 0 Å². The van der Waals surface area contributed by atoms with Gasteiger partial charge in [-0.05, 0) is 49.6 Å². The van der Waals surface area contributed by atoms with Crippen LogP contribution < -0.4 is 0 Å². The number of aromatic nitrogens is 5. The first-order valence-electron chi connectivity index (χ1n) is 10.4. The molecule has 1 spiro atoms. The van der Waals surface area contributed by atoms with E-state index in [0.717, 1.165) is 52.3 Å². The van der Waals surface area contributed by atoms with Gasteiger partial charge in [-0.1, -0.05) is 18.2 Å². The largest absolute Gasteiger partial charge is 0.331 e. The molecule has 1 fully saturated rings. The van der Waals surface area contributed by atoms with Gasteiger partial charge in [-0.2, -0.15) is 10.2 Å². The number of carbonyl (C=O) groups is 1. The van der Waals surface area contributed by atoms with Crippen LogP contribution in [0, 0.1) is 6.92 Å².